The molecule has 1 atom stereocenters. The van der Waals surface area contributed by atoms with E-state index in [4.69, 9.17) is 0 Å². The van der Waals surface area contributed by atoms with Gasteiger partial charge in [0.1, 0.15) is 5.60 Å². The van der Waals surface area contributed by atoms with Crippen molar-refractivity contribution in [1.82, 2.24) is 4.72 Å². The minimum atomic E-state index is -3.75. The Morgan fingerprint density at radius 1 is 1.29 bits per heavy atom. The van der Waals surface area contributed by atoms with Crippen molar-refractivity contribution in [2.45, 2.75) is 30.3 Å². The Hall–Kier alpha value is -1.54. The minimum absolute atomic E-state index is 0.0605. The van der Waals surface area contributed by atoms with Crippen LogP contribution in [0.15, 0.2) is 46.7 Å². The van der Waals surface area contributed by atoms with Crippen LogP contribution in [0.3, 0.4) is 0 Å². The van der Waals surface area contributed by atoms with Gasteiger partial charge in [0.2, 0.25) is 10.0 Å². The van der Waals surface area contributed by atoms with E-state index in [1.165, 1.54) is 42.5 Å². The van der Waals surface area contributed by atoms with E-state index in [1.54, 1.807) is 0 Å². The number of aliphatic hydroxyl groups is 1. The Balaban J connectivity index is 1.78. The smallest absolute Gasteiger partial charge is 0.240 e. The van der Waals surface area contributed by atoms with Crippen molar-refractivity contribution in [2.24, 2.45) is 5.92 Å². The lowest BCUT2D eigenvalue weighted by Gasteiger charge is -2.27. The summed E-state index contributed by atoms with van der Waals surface area (Å²) in [6, 6.07) is 9.47. The van der Waals surface area contributed by atoms with E-state index >= 15 is 0 Å². The van der Waals surface area contributed by atoms with Gasteiger partial charge in [-0.25, -0.2) is 13.1 Å². The number of rotatable bonds is 7. The molecule has 128 valence electrons. The predicted octanol–water partition coefficient (Wildman–Crippen LogP) is 2.53. The highest BCUT2D eigenvalue weighted by molar-refractivity contribution is 7.89. The fourth-order valence-electron chi connectivity index (χ4n) is 2.68. The lowest BCUT2D eigenvalue weighted by Crippen LogP contribution is -2.41. The molecule has 1 fully saturated rings. The van der Waals surface area contributed by atoms with Gasteiger partial charge in [-0.15, -0.1) is 11.3 Å². The molecule has 0 amide bonds. The summed E-state index contributed by atoms with van der Waals surface area (Å²) in [5.41, 5.74) is -0.706. The first-order chi connectivity index (χ1) is 11.3. The number of carbonyl (C=O) groups is 1. The zero-order valence-corrected chi connectivity index (χ0v) is 14.9. The highest BCUT2D eigenvalue weighted by Crippen LogP contribution is 2.46. The second kappa shape index (κ2) is 6.40. The Morgan fingerprint density at radius 3 is 2.46 bits per heavy atom. The normalized spacial score (nSPS) is 17.4. The molecule has 24 heavy (non-hydrogen) atoms. The largest absolute Gasteiger partial charge is 0.383 e. The van der Waals surface area contributed by atoms with Gasteiger partial charge in [-0.3, -0.25) is 4.79 Å². The van der Waals surface area contributed by atoms with Crippen molar-refractivity contribution in [3.05, 3.63) is 52.2 Å². The summed E-state index contributed by atoms with van der Waals surface area (Å²) >= 11 is 1.43. The molecule has 5 nitrogen and oxygen atoms in total. The summed E-state index contributed by atoms with van der Waals surface area (Å²) < 4.78 is 27.5. The average Bonchev–Trinajstić information content (AvgIpc) is 3.28. The summed E-state index contributed by atoms with van der Waals surface area (Å²) in [6.07, 6.45) is 1.78. The molecule has 0 spiro atoms. The van der Waals surface area contributed by atoms with E-state index in [0.29, 0.717) is 5.56 Å². The number of benzene rings is 1. The van der Waals surface area contributed by atoms with Crippen LogP contribution < -0.4 is 4.72 Å². The number of hydrogen-bond donors (Lipinski definition) is 2. The number of carbonyl (C=O) groups excluding carboxylic acids is 1. The van der Waals surface area contributed by atoms with Gasteiger partial charge in [-0.05, 0) is 49.3 Å². The molecule has 0 aliphatic heterocycles. The second-order valence-electron chi connectivity index (χ2n) is 6.08. The van der Waals surface area contributed by atoms with Gasteiger partial charge < -0.3 is 5.11 Å². The van der Waals surface area contributed by atoms with Crippen molar-refractivity contribution in [3.8, 4) is 0 Å². The third kappa shape index (κ3) is 3.44. The van der Waals surface area contributed by atoms with Crippen LogP contribution in [-0.4, -0.2) is 25.9 Å². The van der Waals surface area contributed by atoms with Gasteiger partial charge in [-0.1, -0.05) is 18.2 Å². The molecule has 1 aliphatic carbocycles. The Kier molecular flexibility index (Phi) is 4.61. The summed E-state index contributed by atoms with van der Waals surface area (Å²) in [5.74, 6) is -0.0355. The zero-order chi connectivity index (χ0) is 17.4. The summed E-state index contributed by atoms with van der Waals surface area (Å²) in [6.45, 7) is 1.37. The minimum Gasteiger partial charge on any atom is -0.383 e. The average molecular weight is 365 g/mol. The fourth-order valence-corrected chi connectivity index (χ4v) is 4.65. The lowest BCUT2D eigenvalue weighted by molar-refractivity contribution is 0.0222. The summed E-state index contributed by atoms with van der Waals surface area (Å²) in [4.78, 5) is 12.1. The molecule has 1 unspecified atom stereocenters. The number of thiophene rings is 1. The molecular weight excluding hydrogens is 346 g/mol. The summed E-state index contributed by atoms with van der Waals surface area (Å²) in [5, 5.41) is 12.8. The van der Waals surface area contributed by atoms with Crippen LogP contribution in [0.25, 0.3) is 0 Å². The van der Waals surface area contributed by atoms with E-state index in [9.17, 15) is 18.3 Å². The van der Waals surface area contributed by atoms with Crippen LogP contribution in [0.2, 0.25) is 0 Å². The molecule has 1 aromatic heterocycles. The first kappa shape index (κ1) is 17.3. The van der Waals surface area contributed by atoms with E-state index in [2.05, 4.69) is 4.72 Å². The van der Waals surface area contributed by atoms with Gasteiger partial charge >= 0.3 is 0 Å². The Morgan fingerprint density at radius 2 is 1.96 bits per heavy atom. The molecule has 1 heterocycles. The number of hydrogen-bond acceptors (Lipinski definition) is 5. The van der Waals surface area contributed by atoms with E-state index < -0.39 is 15.6 Å². The van der Waals surface area contributed by atoms with Crippen LogP contribution in [0.1, 0.15) is 35.0 Å². The van der Waals surface area contributed by atoms with Crippen LogP contribution in [-0.2, 0) is 15.6 Å². The van der Waals surface area contributed by atoms with Gasteiger partial charge in [0.05, 0.1) is 4.90 Å². The molecule has 2 N–H and O–H groups in total. The molecule has 3 rings (SSSR count). The van der Waals surface area contributed by atoms with Crippen LogP contribution >= 0.6 is 11.3 Å². The fraction of sp³-hybridized carbons (Fsp3) is 0.353. The zero-order valence-electron chi connectivity index (χ0n) is 13.2. The highest BCUT2D eigenvalue weighted by Gasteiger charge is 2.46. The van der Waals surface area contributed by atoms with Gasteiger partial charge in [0.25, 0.3) is 0 Å². The number of nitrogens with one attached hydrogen (secondary N) is 1. The third-order valence-corrected chi connectivity index (χ3v) is 6.76. The topological polar surface area (TPSA) is 83.5 Å². The second-order valence-corrected chi connectivity index (χ2v) is 8.80. The van der Waals surface area contributed by atoms with E-state index in [0.717, 1.165) is 17.7 Å². The van der Waals surface area contributed by atoms with Gasteiger partial charge in [0, 0.05) is 17.0 Å². The Labute approximate surface area is 145 Å². The number of Topliss-reactive ketones (excluding diaryl/α,β-unsaturated/α-hetero) is 1. The first-order valence-electron chi connectivity index (χ1n) is 7.70. The molecule has 0 bridgehead atoms. The van der Waals surface area contributed by atoms with Gasteiger partial charge in [0.15, 0.2) is 5.78 Å². The molecular formula is C17H19NO4S2. The molecule has 7 heteroatoms. The maximum absolute atomic E-state index is 12.5. The third-order valence-electron chi connectivity index (χ3n) is 4.30. The Bertz CT molecular complexity index is 824. The molecule has 1 aliphatic rings. The maximum atomic E-state index is 12.5. The van der Waals surface area contributed by atoms with Crippen molar-refractivity contribution in [2.75, 3.05) is 6.54 Å². The van der Waals surface area contributed by atoms with Crippen LogP contribution in [0.5, 0.6) is 0 Å². The van der Waals surface area contributed by atoms with Crippen molar-refractivity contribution in [1.29, 1.82) is 0 Å². The number of ketones is 1. The van der Waals surface area contributed by atoms with Crippen LogP contribution in [0.4, 0.5) is 0 Å². The quantitative estimate of drug-likeness (QED) is 0.739. The maximum Gasteiger partial charge on any atom is 0.240 e. The lowest BCUT2D eigenvalue weighted by atomic mass is 9.96. The molecule has 1 aromatic carbocycles. The monoisotopic (exact) mass is 365 g/mol. The van der Waals surface area contributed by atoms with Crippen molar-refractivity contribution in [3.63, 3.8) is 0 Å². The number of sulfonamides is 1. The van der Waals surface area contributed by atoms with Gasteiger partial charge in [-0.2, -0.15) is 0 Å². The van der Waals surface area contributed by atoms with Crippen molar-refractivity contribution >= 4 is 27.1 Å². The molecule has 0 saturated heterocycles. The summed E-state index contributed by atoms with van der Waals surface area (Å²) in [7, 11) is -3.75. The van der Waals surface area contributed by atoms with Crippen molar-refractivity contribution < 1.29 is 18.3 Å². The standard InChI is InChI=1S/C17H19NO4S2/c1-12(19)13-4-8-15(9-5-13)24(21,22)18-11-17(20,14-6-7-14)16-3-2-10-23-16/h2-5,8-10,14,18,20H,6-7,11H2,1H3. The molecule has 1 saturated carbocycles. The predicted molar refractivity (Wildman–Crippen MR) is 92.6 cm³/mol. The van der Waals surface area contributed by atoms with E-state index in [1.807, 2.05) is 17.5 Å². The highest BCUT2D eigenvalue weighted by atomic mass is 32.2. The van der Waals surface area contributed by atoms with E-state index in [-0.39, 0.29) is 23.1 Å². The van der Waals surface area contributed by atoms with Crippen LogP contribution in [0, 0.1) is 5.92 Å². The SMILES string of the molecule is CC(=O)c1ccc(S(=O)(=O)NCC(O)(c2cccs2)C2CC2)cc1. The molecule has 2 aromatic rings. The first-order valence-corrected chi connectivity index (χ1v) is 10.1. The molecule has 0 radical (unpaired) electrons.